The lowest BCUT2D eigenvalue weighted by molar-refractivity contribution is -0.131. The maximum absolute atomic E-state index is 12.4. The first-order valence-corrected chi connectivity index (χ1v) is 9.29. The largest absolute Gasteiger partial charge is 0.339 e. The molecule has 1 amide bonds. The van der Waals surface area contributed by atoms with Crippen molar-refractivity contribution in [2.24, 2.45) is 0 Å². The third-order valence-corrected chi connectivity index (χ3v) is 5.04. The number of anilines is 1. The van der Waals surface area contributed by atoms with Gasteiger partial charge in [-0.15, -0.1) is 0 Å². The summed E-state index contributed by atoms with van der Waals surface area (Å²) in [6.45, 7) is 5.91. The number of hydrogen-bond donors (Lipinski definition) is 0. The van der Waals surface area contributed by atoms with Crippen LogP contribution in [0.4, 0.5) is 5.69 Å². The summed E-state index contributed by atoms with van der Waals surface area (Å²) in [6, 6.07) is 8.73. The van der Waals surface area contributed by atoms with Crippen molar-refractivity contribution in [1.82, 2.24) is 9.80 Å². The molecule has 0 N–H and O–H groups in total. The summed E-state index contributed by atoms with van der Waals surface area (Å²) >= 11 is 0. The van der Waals surface area contributed by atoms with Gasteiger partial charge in [0, 0.05) is 26.2 Å². The summed E-state index contributed by atoms with van der Waals surface area (Å²) in [5.74, 6) is -0.148. The third-order valence-electron chi connectivity index (χ3n) is 3.90. The average Bonchev–Trinajstić information content (AvgIpc) is 2.52. The molecule has 0 bridgehead atoms. The third kappa shape index (κ3) is 4.20. The van der Waals surface area contributed by atoms with Gasteiger partial charge in [-0.2, -0.15) is 0 Å². The van der Waals surface area contributed by atoms with Crippen LogP contribution in [-0.2, 0) is 14.8 Å². The Balaban J connectivity index is 2.07. The van der Waals surface area contributed by atoms with Crippen molar-refractivity contribution in [2.75, 3.05) is 49.8 Å². The van der Waals surface area contributed by atoms with Crippen molar-refractivity contribution in [3.05, 3.63) is 30.3 Å². The second-order valence-electron chi connectivity index (χ2n) is 5.42. The number of para-hydroxylation sites is 1. The van der Waals surface area contributed by atoms with Crippen molar-refractivity contribution >= 4 is 21.6 Å². The number of carbonyl (C=O) groups excluding carboxylic acids is 1. The van der Waals surface area contributed by atoms with Crippen LogP contribution in [0.1, 0.15) is 6.92 Å². The quantitative estimate of drug-likeness (QED) is 0.796. The maximum atomic E-state index is 12.4. The van der Waals surface area contributed by atoms with E-state index < -0.39 is 10.0 Å². The average molecular weight is 325 g/mol. The highest BCUT2D eigenvalue weighted by Gasteiger charge is 2.25. The topological polar surface area (TPSA) is 60.9 Å². The molecule has 1 aromatic carbocycles. The maximum Gasteiger partial charge on any atom is 0.243 e. The number of rotatable bonds is 5. The van der Waals surface area contributed by atoms with E-state index in [-0.39, 0.29) is 12.5 Å². The van der Waals surface area contributed by atoms with Gasteiger partial charge in [0.2, 0.25) is 15.9 Å². The Kier molecular flexibility index (Phi) is 5.42. The number of piperazine rings is 1. The Hall–Kier alpha value is -1.60. The van der Waals surface area contributed by atoms with E-state index in [0.29, 0.717) is 18.8 Å². The Morgan fingerprint density at radius 1 is 1.14 bits per heavy atom. The first-order valence-electron chi connectivity index (χ1n) is 7.44. The van der Waals surface area contributed by atoms with E-state index in [4.69, 9.17) is 0 Å². The molecule has 0 aromatic heterocycles. The van der Waals surface area contributed by atoms with Crippen LogP contribution in [0, 0.1) is 0 Å². The number of amides is 1. The molecule has 0 spiro atoms. The van der Waals surface area contributed by atoms with Crippen molar-refractivity contribution in [3.63, 3.8) is 0 Å². The predicted molar refractivity (Wildman–Crippen MR) is 87.3 cm³/mol. The van der Waals surface area contributed by atoms with Crippen LogP contribution in [0.5, 0.6) is 0 Å². The Morgan fingerprint density at radius 2 is 1.73 bits per heavy atom. The van der Waals surface area contributed by atoms with Crippen molar-refractivity contribution in [3.8, 4) is 0 Å². The van der Waals surface area contributed by atoms with Gasteiger partial charge < -0.3 is 9.80 Å². The van der Waals surface area contributed by atoms with E-state index in [1.54, 1.807) is 29.2 Å². The molecule has 0 unspecified atom stereocenters. The molecular formula is C15H23N3O3S. The Labute approximate surface area is 132 Å². The van der Waals surface area contributed by atoms with Crippen LogP contribution in [0.25, 0.3) is 0 Å². The lowest BCUT2D eigenvalue weighted by Crippen LogP contribution is -2.51. The van der Waals surface area contributed by atoms with Crippen molar-refractivity contribution in [2.45, 2.75) is 6.92 Å². The van der Waals surface area contributed by atoms with E-state index in [1.165, 1.54) is 4.31 Å². The molecule has 0 saturated carbocycles. The smallest absolute Gasteiger partial charge is 0.243 e. The Morgan fingerprint density at radius 3 is 2.23 bits per heavy atom. The number of carbonyl (C=O) groups is 1. The SMILES string of the molecule is CCN1CCN(C(=O)CN(c2ccccc2)S(C)(=O)=O)CC1. The summed E-state index contributed by atoms with van der Waals surface area (Å²) in [5.41, 5.74) is 0.519. The molecule has 6 nitrogen and oxygen atoms in total. The zero-order chi connectivity index (χ0) is 16.2. The first-order chi connectivity index (χ1) is 10.4. The lowest BCUT2D eigenvalue weighted by Gasteiger charge is -2.35. The van der Waals surface area contributed by atoms with E-state index in [1.807, 2.05) is 6.07 Å². The van der Waals surface area contributed by atoms with Crippen molar-refractivity contribution in [1.29, 1.82) is 0 Å². The van der Waals surface area contributed by atoms with Gasteiger partial charge in [-0.1, -0.05) is 25.1 Å². The molecule has 0 atom stereocenters. The standard InChI is InChI=1S/C15H23N3O3S/c1-3-16-9-11-17(12-10-16)15(19)13-18(22(2,20)21)14-7-5-4-6-8-14/h4-8H,3,9-13H2,1-2H3. The van der Waals surface area contributed by atoms with Gasteiger partial charge in [0.05, 0.1) is 11.9 Å². The van der Waals surface area contributed by atoms with Crippen LogP contribution in [0.2, 0.25) is 0 Å². The highest BCUT2D eigenvalue weighted by Crippen LogP contribution is 2.17. The molecule has 1 saturated heterocycles. The molecule has 1 heterocycles. The monoisotopic (exact) mass is 325 g/mol. The van der Waals surface area contributed by atoms with Gasteiger partial charge in [0.25, 0.3) is 0 Å². The van der Waals surface area contributed by atoms with Crippen LogP contribution < -0.4 is 4.31 Å². The molecule has 1 aromatic rings. The van der Waals surface area contributed by atoms with Gasteiger partial charge in [-0.3, -0.25) is 9.10 Å². The molecule has 122 valence electrons. The van der Waals surface area contributed by atoms with Crippen LogP contribution in [0.15, 0.2) is 30.3 Å². The zero-order valence-electron chi connectivity index (χ0n) is 13.1. The minimum absolute atomic E-state index is 0.144. The minimum Gasteiger partial charge on any atom is -0.339 e. The first kappa shape index (κ1) is 16.8. The zero-order valence-corrected chi connectivity index (χ0v) is 13.9. The van der Waals surface area contributed by atoms with Gasteiger partial charge in [-0.25, -0.2) is 8.42 Å². The fraction of sp³-hybridized carbons (Fsp3) is 0.533. The highest BCUT2D eigenvalue weighted by atomic mass is 32.2. The summed E-state index contributed by atoms with van der Waals surface area (Å²) < 4.78 is 25.2. The predicted octanol–water partition coefficient (Wildman–Crippen LogP) is 0.617. The molecule has 1 fully saturated rings. The van der Waals surface area contributed by atoms with E-state index in [9.17, 15) is 13.2 Å². The van der Waals surface area contributed by atoms with Crippen molar-refractivity contribution < 1.29 is 13.2 Å². The number of hydrogen-bond acceptors (Lipinski definition) is 4. The second kappa shape index (κ2) is 7.11. The molecule has 1 aliphatic heterocycles. The number of likely N-dealkylation sites (N-methyl/N-ethyl adjacent to an activating group) is 1. The van der Waals surface area contributed by atoms with Crippen LogP contribution in [-0.4, -0.2) is 69.6 Å². The lowest BCUT2D eigenvalue weighted by atomic mass is 10.3. The Bertz CT molecular complexity index is 596. The molecule has 7 heteroatoms. The van der Waals surface area contributed by atoms with Gasteiger partial charge in [-0.05, 0) is 18.7 Å². The second-order valence-corrected chi connectivity index (χ2v) is 7.33. The van der Waals surface area contributed by atoms with Crippen LogP contribution in [0.3, 0.4) is 0 Å². The van der Waals surface area contributed by atoms with E-state index in [0.717, 1.165) is 25.9 Å². The van der Waals surface area contributed by atoms with E-state index >= 15 is 0 Å². The molecule has 0 aliphatic carbocycles. The molecule has 2 rings (SSSR count). The summed E-state index contributed by atoms with van der Waals surface area (Å²) in [4.78, 5) is 16.4. The fourth-order valence-electron chi connectivity index (χ4n) is 2.53. The van der Waals surface area contributed by atoms with Gasteiger partial charge in [0.15, 0.2) is 0 Å². The minimum atomic E-state index is -3.49. The summed E-state index contributed by atoms with van der Waals surface area (Å²) in [5, 5.41) is 0. The fourth-order valence-corrected chi connectivity index (χ4v) is 3.38. The molecule has 0 radical (unpaired) electrons. The summed E-state index contributed by atoms with van der Waals surface area (Å²) in [6.07, 6.45) is 1.13. The highest BCUT2D eigenvalue weighted by molar-refractivity contribution is 7.92. The molecule has 22 heavy (non-hydrogen) atoms. The molecular weight excluding hydrogens is 302 g/mol. The number of benzene rings is 1. The van der Waals surface area contributed by atoms with Crippen LogP contribution >= 0.6 is 0 Å². The number of nitrogens with zero attached hydrogens (tertiary/aromatic N) is 3. The van der Waals surface area contributed by atoms with E-state index in [2.05, 4.69) is 11.8 Å². The van der Waals surface area contributed by atoms with Gasteiger partial charge >= 0.3 is 0 Å². The van der Waals surface area contributed by atoms with Gasteiger partial charge in [0.1, 0.15) is 6.54 Å². The summed E-state index contributed by atoms with van der Waals surface area (Å²) in [7, 11) is -3.49. The molecule has 1 aliphatic rings. The number of sulfonamides is 1. The normalized spacial score (nSPS) is 16.5.